The average molecular weight is 384 g/mol. The van der Waals surface area contributed by atoms with Crippen molar-refractivity contribution in [3.63, 3.8) is 0 Å². The standard InChI is InChI=1S/C21H37NO5/c1-2-3-6-9-16(24)12-13-18-17(19(25)14-20(18)26)10-7-4-5-8-11-21(27)22-15-23/h4,7,12-13,16-20,23-26H,2-3,5-6,8-11,14-15H2,1H3,(H,22,27)/t16-,17+,18+,19-,20+/m0/s1. The predicted octanol–water partition coefficient (Wildman–Crippen LogP) is 2.02. The fourth-order valence-electron chi connectivity index (χ4n) is 3.59. The molecule has 0 aliphatic heterocycles. The number of hydrogen-bond donors (Lipinski definition) is 5. The fraction of sp³-hybridized carbons (Fsp3) is 0.762. The zero-order valence-corrected chi connectivity index (χ0v) is 16.5. The van der Waals surface area contributed by atoms with Crippen molar-refractivity contribution in [2.24, 2.45) is 11.8 Å². The van der Waals surface area contributed by atoms with Gasteiger partial charge in [0.2, 0.25) is 5.91 Å². The molecule has 0 saturated heterocycles. The Labute approximate surface area is 163 Å². The lowest BCUT2D eigenvalue weighted by Crippen LogP contribution is -2.23. The van der Waals surface area contributed by atoms with E-state index in [1.807, 2.05) is 18.2 Å². The Morgan fingerprint density at radius 3 is 2.67 bits per heavy atom. The van der Waals surface area contributed by atoms with Crippen molar-refractivity contribution in [2.75, 3.05) is 6.73 Å². The molecular weight excluding hydrogens is 346 g/mol. The monoisotopic (exact) mass is 383 g/mol. The number of unbranched alkanes of at least 4 members (excludes halogenated alkanes) is 3. The molecule has 0 aromatic rings. The molecule has 6 heteroatoms. The van der Waals surface area contributed by atoms with Gasteiger partial charge in [-0.2, -0.15) is 0 Å². The molecule has 0 spiro atoms. The molecule has 0 heterocycles. The number of carbonyl (C=O) groups excluding carboxylic acids is 1. The van der Waals surface area contributed by atoms with Gasteiger partial charge in [0.25, 0.3) is 0 Å². The Bertz CT molecular complexity index is 465. The first kappa shape index (κ1) is 23.8. The van der Waals surface area contributed by atoms with Crippen molar-refractivity contribution < 1.29 is 25.2 Å². The number of aliphatic hydroxyl groups is 4. The first-order chi connectivity index (χ1) is 13.0. The summed E-state index contributed by atoms with van der Waals surface area (Å²) < 4.78 is 0. The maximum Gasteiger partial charge on any atom is 0.221 e. The van der Waals surface area contributed by atoms with Gasteiger partial charge < -0.3 is 25.7 Å². The summed E-state index contributed by atoms with van der Waals surface area (Å²) in [4.78, 5) is 11.2. The van der Waals surface area contributed by atoms with Crippen LogP contribution in [0.3, 0.4) is 0 Å². The van der Waals surface area contributed by atoms with Gasteiger partial charge in [-0.1, -0.05) is 50.5 Å². The van der Waals surface area contributed by atoms with Gasteiger partial charge in [0.05, 0.1) is 18.3 Å². The molecule has 1 rings (SSSR count). The van der Waals surface area contributed by atoms with Gasteiger partial charge in [0.1, 0.15) is 6.73 Å². The lowest BCUT2D eigenvalue weighted by Gasteiger charge is -2.19. The van der Waals surface area contributed by atoms with E-state index in [9.17, 15) is 20.1 Å². The van der Waals surface area contributed by atoms with Crippen LogP contribution >= 0.6 is 0 Å². The maximum absolute atomic E-state index is 11.2. The molecule has 27 heavy (non-hydrogen) atoms. The third-order valence-corrected chi connectivity index (χ3v) is 5.20. The molecule has 1 aliphatic carbocycles. The van der Waals surface area contributed by atoms with Crippen LogP contribution in [0.4, 0.5) is 0 Å². The minimum Gasteiger partial charge on any atom is -0.393 e. The summed E-state index contributed by atoms with van der Waals surface area (Å²) in [5.41, 5.74) is 0. The van der Waals surface area contributed by atoms with Crippen molar-refractivity contribution in [3.8, 4) is 0 Å². The first-order valence-corrected chi connectivity index (χ1v) is 10.2. The zero-order valence-electron chi connectivity index (χ0n) is 16.5. The van der Waals surface area contributed by atoms with E-state index in [2.05, 4.69) is 12.2 Å². The Morgan fingerprint density at radius 2 is 1.96 bits per heavy atom. The third kappa shape index (κ3) is 9.51. The van der Waals surface area contributed by atoms with Gasteiger partial charge in [0.15, 0.2) is 0 Å². The number of rotatable bonds is 13. The van der Waals surface area contributed by atoms with Gasteiger partial charge in [-0.3, -0.25) is 4.79 Å². The van der Waals surface area contributed by atoms with Gasteiger partial charge in [-0.15, -0.1) is 0 Å². The molecule has 6 nitrogen and oxygen atoms in total. The summed E-state index contributed by atoms with van der Waals surface area (Å²) in [6, 6.07) is 0. The smallest absolute Gasteiger partial charge is 0.221 e. The minimum absolute atomic E-state index is 0.0620. The van der Waals surface area contributed by atoms with Gasteiger partial charge >= 0.3 is 0 Å². The number of allylic oxidation sites excluding steroid dienone is 2. The van der Waals surface area contributed by atoms with Gasteiger partial charge in [-0.25, -0.2) is 0 Å². The highest BCUT2D eigenvalue weighted by atomic mass is 16.3. The highest BCUT2D eigenvalue weighted by Gasteiger charge is 2.39. The van der Waals surface area contributed by atoms with Crippen LogP contribution in [0.25, 0.3) is 0 Å². The van der Waals surface area contributed by atoms with Crippen LogP contribution in [-0.4, -0.2) is 51.4 Å². The zero-order chi connectivity index (χ0) is 20.1. The van der Waals surface area contributed by atoms with E-state index in [0.29, 0.717) is 25.7 Å². The van der Waals surface area contributed by atoms with E-state index in [1.165, 1.54) is 0 Å². The van der Waals surface area contributed by atoms with Crippen LogP contribution in [-0.2, 0) is 4.79 Å². The van der Waals surface area contributed by atoms with E-state index in [-0.39, 0.29) is 24.5 Å². The topological polar surface area (TPSA) is 110 Å². The van der Waals surface area contributed by atoms with Gasteiger partial charge in [0, 0.05) is 18.8 Å². The number of hydrogen-bond acceptors (Lipinski definition) is 5. The van der Waals surface area contributed by atoms with Crippen LogP contribution in [0.15, 0.2) is 24.3 Å². The summed E-state index contributed by atoms with van der Waals surface area (Å²) >= 11 is 0. The second kappa shape index (κ2) is 13.9. The summed E-state index contributed by atoms with van der Waals surface area (Å²) in [5, 5.41) is 41.4. The number of nitrogens with one attached hydrogen (secondary N) is 1. The molecule has 5 atom stereocenters. The summed E-state index contributed by atoms with van der Waals surface area (Å²) in [6.45, 7) is 1.79. The average Bonchev–Trinajstić information content (AvgIpc) is 2.89. The molecule has 1 amide bonds. The molecule has 156 valence electrons. The molecular formula is C21H37NO5. The van der Waals surface area contributed by atoms with Crippen LogP contribution in [0.5, 0.6) is 0 Å². The van der Waals surface area contributed by atoms with E-state index < -0.39 is 18.3 Å². The predicted molar refractivity (Wildman–Crippen MR) is 106 cm³/mol. The van der Waals surface area contributed by atoms with E-state index >= 15 is 0 Å². The Kier molecular flexibility index (Phi) is 12.3. The van der Waals surface area contributed by atoms with Crippen molar-refractivity contribution >= 4 is 5.91 Å². The largest absolute Gasteiger partial charge is 0.393 e. The van der Waals surface area contributed by atoms with Crippen molar-refractivity contribution in [3.05, 3.63) is 24.3 Å². The van der Waals surface area contributed by atoms with Crippen molar-refractivity contribution in [1.82, 2.24) is 5.32 Å². The molecule has 0 aromatic carbocycles. The molecule has 5 N–H and O–H groups in total. The SMILES string of the molecule is CCCCC[C@H](O)C=C[C@@H]1[C@@H](CC=CCCCC(=O)NCO)[C@@H](O)C[C@H]1O. The molecule has 0 unspecified atom stereocenters. The Hall–Kier alpha value is -1.21. The molecule has 1 saturated carbocycles. The quantitative estimate of drug-likeness (QED) is 0.190. The molecule has 1 aliphatic rings. The second-order valence-electron chi connectivity index (χ2n) is 7.42. The second-order valence-corrected chi connectivity index (χ2v) is 7.42. The van der Waals surface area contributed by atoms with E-state index in [1.54, 1.807) is 6.08 Å². The van der Waals surface area contributed by atoms with Crippen LogP contribution in [0.1, 0.15) is 64.7 Å². The lowest BCUT2D eigenvalue weighted by atomic mass is 9.89. The van der Waals surface area contributed by atoms with E-state index in [4.69, 9.17) is 5.11 Å². The van der Waals surface area contributed by atoms with Crippen LogP contribution < -0.4 is 5.32 Å². The van der Waals surface area contributed by atoms with Crippen molar-refractivity contribution in [1.29, 1.82) is 0 Å². The molecule has 0 bridgehead atoms. The number of amides is 1. The Morgan fingerprint density at radius 1 is 1.19 bits per heavy atom. The van der Waals surface area contributed by atoms with Crippen molar-refractivity contribution in [2.45, 2.75) is 83.0 Å². The van der Waals surface area contributed by atoms with Gasteiger partial charge in [-0.05, 0) is 31.6 Å². The minimum atomic E-state index is -0.584. The highest BCUT2D eigenvalue weighted by molar-refractivity contribution is 5.75. The van der Waals surface area contributed by atoms with Crippen LogP contribution in [0, 0.1) is 11.8 Å². The van der Waals surface area contributed by atoms with Crippen LogP contribution in [0.2, 0.25) is 0 Å². The number of carbonyl (C=O) groups is 1. The number of aliphatic hydroxyl groups excluding tert-OH is 4. The summed E-state index contributed by atoms with van der Waals surface area (Å²) in [5.74, 6) is -0.378. The summed E-state index contributed by atoms with van der Waals surface area (Å²) in [6.07, 6.45) is 12.8. The maximum atomic E-state index is 11.2. The molecule has 0 radical (unpaired) electrons. The first-order valence-electron chi connectivity index (χ1n) is 10.2. The fourth-order valence-corrected chi connectivity index (χ4v) is 3.59. The highest BCUT2D eigenvalue weighted by Crippen LogP contribution is 2.36. The third-order valence-electron chi connectivity index (χ3n) is 5.20. The molecule has 1 fully saturated rings. The molecule has 0 aromatic heterocycles. The lowest BCUT2D eigenvalue weighted by molar-refractivity contribution is -0.122. The summed E-state index contributed by atoms with van der Waals surface area (Å²) in [7, 11) is 0. The normalized spacial score (nSPS) is 26.9. The van der Waals surface area contributed by atoms with E-state index in [0.717, 1.165) is 32.1 Å². The Balaban J connectivity index is 2.42.